The van der Waals surface area contributed by atoms with E-state index in [-0.39, 0.29) is 30.4 Å². The van der Waals surface area contributed by atoms with Gasteiger partial charge in [-0.1, -0.05) is 45.3 Å². The third kappa shape index (κ3) is 8.19. The van der Waals surface area contributed by atoms with Crippen molar-refractivity contribution in [1.29, 1.82) is 0 Å². The number of hydrogen-bond acceptors (Lipinski definition) is 5. The summed E-state index contributed by atoms with van der Waals surface area (Å²) >= 11 is 0. The third-order valence-corrected chi connectivity index (χ3v) is 9.17. The molecular weight excluding hydrogens is 575 g/mol. The highest BCUT2D eigenvalue weighted by atomic mass is 19.3. The first-order valence-electron chi connectivity index (χ1n) is 15.6. The molecule has 3 N–H and O–H groups in total. The second-order valence-electron chi connectivity index (χ2n) is 12.4. The third-order valence-electron chi connectivity index (χ3n) is 9.17. The highest BCUT2D eigenvalue weighted by Gasteiger charge is 2.53. The lowest BCUT2D eigenvalue weighted by atomic mass is 9.90. The largest absolute Gasteiger partial charge is 0.340 e. The zero-order valence-electron chi connectivity index (χ0n) is 25.5. The van der Waals surface area contributed by atoms with E-state index in [0.29, 0.717) is 44.6 Å². The van der Waals surface area contributed by atoms with Crippen LogP contribution in [0.25, 0.3) is 0 Å². The fourth-order valence-electron chi connectivity index (χ4n) is 6.07. The number of benzene rings is 1. The van der Waals surface area contributed by atoms with E-state index in [4.69, 9.17) is 0 Å². The van der Waals surface area contributed by atoms with Crippen LogP contribution in [-0.2, 0) is 19.2 Å². The number of alkyl halides is 2. The van der Waals surface area contributed by atoms with Crippen LogP contribution in [0.2, 0.25) is 0 Å². The fraction of sp³-hybridized carbons (Fsp3) is 0.625. The van der Waals surface area contributed by atoms with Gasteiger partial charge in [0.05, 0.1) is 5.69 Å². The Morgan fingerprint density at radius 3 is 2.18 bits per heavy atom. The van der Waals surface area contributed by atoms with Crippen LogP contribution in [0.5, 0.6) is 0 Å². The molecule has 0 radical (unpaired) electrons. The second kappa shape index (κ2) is 14.6. The summed E-state index contributed by atoms with van der Waals surface area (Å²) in [4.78, 5) is 55.5. The van der Waals surface area contributed by atoms with Crippen LogP contribution in [0.15, 0.2) is 30.9 Å². The van der Waals surface area contributed by atoms with Gasteiger partial charge in [0.1, 0.15) is 17.9 Å². The van der Waals surface area contributed by atoms with Crippen LogP contribution in [0.1, 0.15) is 69.8 Å². The molecule has 0 bridgehead atoms. The molecular formula is C32H44F3N5O4. The Kier molecular flexibility index (Phi) is 11.1. The number of carbonyl (C=O) groups excluding carboxylic acids is 4. The molecule has 4 rings (SSSR count). The number of piperazine rings is 1. The Labute approximate surface area is 257 Å². The van der Waals surface area contributed by atoms with Gasteiger partial charge < -0.3 is 25.8 Å². The molecule has 4 amide bonds. The van der Waals surface area contributed by atoms with Crippen molar-refractivity contribution in [3.8, 4) is 0 Å². The number of likely N-dealkylation sites (N-methyl/N-ethyl adjacent to an activating group) is 1. The van der Waals surface area contributed by atoms with Crippen molar-refractivity contribution in [3.63, 3.8) is 0 Å². The first-order valence-corrected chi connectivity index (χ1v) is 15.6. The van der Waals surface area contributed by atoms with Crippen LogP contribution in [-0.4, -0.2) is 84.7 Å². The summed E-state index contributed by atoms with van der Waals surface area (Å²) < 4.78 is 44.6. The van der Waals surface area contributed by atoms with E-state index in [1.807, 2.05) is 7.05 Å². The van der Waals surface area contributed by atoms with Crippen molar-refractivity contribution in [1.82, 2.24) is 20.4 Å². The molecule has 1 aromatic rings. The molecule has 0 aromatic heterocycles. The molecule has 242 valence electrons. The summed E-state index contributed by atoms with van der Waals surface area (Å²) in [7, 11) is 1.96. The summed E-state index contributed by atoms with van der Waals surface area (Å²) in [5.41, 5.74) is 0.236. The number of anilines is 1. The minimum atomic E-state index is -3.56. The summed E-state index contributed by atoms with van der Waals surface area (Å²) in [6.07, 6.45) is 6.29. The predicted molar refractivity (Wildman–Crippen MR) is 160 cm³/mol. The summed E-state index contributed by atoms with van der Waals surface area (Å²) in [6.45, 7) is 7.53. The number of nitrogens with one attached hydrogen (secondary N) is 3. The normalized spacial score (nSPS) is 20.5. The maximum absolute atomic E-state index is 15.5. The number of hydrogen-bond donors (Lipinski definition) is 3. The summed E-state index contributed by atoms with van der Waals surface area (Å²) in [5, 5.41) is 7.50. The Balaban J connectivity index is 1.51. The molecule has 9 nitrogen and oxygen atoms in total. The molecule has 0 spiro atoms. The molecule has 1 aromatic carbocycles. The molecule has 2 saturated carbocycles. The topological polar surface area (TPSA) is 111 Å². The van der Waals surface area contributed by atoms with Crippen LogP contribution >= 0.6 is 0 Å². The van der Waals surface area contributed by atoms with E-state index in [1.165, 1.54) is 12.1 Å². The minimum Gasteiger partial charge on any atom is -0.340 e. The van der Waals surface area contributed by atoms with Gasteiger partial charge in [0, 0.05) is 38.0 Å². The van der Waals surface area contributed by atoms with Crippen LogP contribution < -0.4 is 16.0 Å². The lowest BCUT2D eigenvalue weighted by Crippen LogP contribution is -2.55. The van der Waals surface area contributed by atoms with Gasteiger partial charge in [0.2, 0.25) is 17.7 Å². The average Bonchev–Trinajstić information content (AvgIpc) is 3.87. The number of amides is 4. The van der Waals surface area contributed by atoms with E-state index < -0.39 is 53.4 Å². The zero-order chi connectivity index (χ0) is 32.0. The van der Waals surface area contributed by atoms with Crippen molar-refractivity contribution in [2.24, 2.45) is 11.8 Å². The molecule has 3 unspecified atom stereocenters. The van der Waals surface area contributed by atoms with Crippen molar-refractivity contribution < 1.29 is 32.3 Å². The Hall–Kier alpha value is -3.41. The van der Waals surface area contributed by atoms with Gasteiger partial charge in [0.15, 0.2) is 0 Å². The Morgan fingerprint density at radius 2 is 1.61 bits per heavy atom. The average molecular weight is 620 g/mol. The molecule has 3 aliphatic rings. The molecule has 12 heteroatoms. The highest BCUT2D eigenvalue weighted by molar-refractivity contribution is 5.98. The maximum atomic E-state index is 15.5. The van der Waals surface area contributed by atoms with Gasteiger partial charge in [-0.15, -0.1) is 0 Å². The number of carbonyl (C=O) groups is 4. The Morgan fingerprint density at radius 1 is 0.977 bits per heavy atom. The number of rotatable bonds is 11. The summed E-state index contributed by atoms with van der Waals surface area (Å²) in [5.74, 6) is -9.40. The van der Waals surface area contributed by atoms with Crippen molar-refractivity contribution in [2.75, 3.05) is 38.5 Å². The van der Waals surface area contributed by atoms with Crippen LogP contribution in [0, 0.1) is 17.7 Å². The lowest BCUT2D eigenvalue weighted by molar-refractivity contribution is -0.151. The van der Waals surface area contributed by atoms with Gasteiger partial charge >= 0.3 is 5.92 Å². The molecule has 44 heavy (non-hydrogen) atoms. The monoisotopic (exact) mass is 619 g/mol. The smallest absolute Gasteiger partial charge is 0.327 e. The van der Waals surface area contributed by atoms with Gasteiger partial charge in [-0.3, -0.25) is 19.2 Å². The second-order valence-corrected chi connectivity index (χ2v) is 12.4. The van der Waals surface area contributed by atoms with Gasteiger partial charge in [-0.2, -0.15) is 8.78 Å². The molecule has 3 atom stereocenters. The molecule has 3 fully saturated rings. The van der Waals surface area contributed by atoms with E-state index in [9.17, 15) is 28.0 Å². The maximum Gasteiger partial charge on any atom is 0.327 e. The van der Waals surface area contributed by atoms with Crippen LogP contribution in [0.3, 0.4) is 0 Å². The number of halogens is 3. The summed E-state index contributed by atoms with van der Waals surface area (Å²) in [6, 6.07) is 1.87. The van der Waals surface area contributed by atoms with Crippen molar-refractivity contribution in [2.45, 2.75) is 82.2 Å². The molecule has 1 heterocycles. The first kappa shape index (κ1) is 33.5. The van der Waals surface area contributed by atoms with E-state index >= 15 is 4.39 Å². The van der Waals surface area contributed by atoms with E-state index in [2.05, 4.69) is 27.4 Å². The SMILES string of the molecule is C=CC(=O)NC(C(=O)N1CCN(C)CC1)C(C)c1ccc(NC(=O)C(NC(=O)C(F)(F)C2CC2)C2CCCCCC2)c(F)c1. The van der Waals surface area contributed by atoms with Crippen molar-refractivity contribution >= 4 is 29.3 Å². The predicted octanol–water partition coefficient (Wildman–Crippen LogP) is 3.81. The van der Waals surface area contributed by atoms with Gasteiger partial charge in [-0.25, -0.2) is 4.39 Å². The first-order chi connectivity index (χ1) is 20.9. The Bertz CT molecular complexity index is 1220. The standard InChI is InChI=1S/C32H44F3N5O4/c1-4-26(41)37-27(30(43)40-17-15-39(3)16-18-40)20(2)22-11-14-25(24(33)19-22)36-29(42)28(21-9-7-5-6-8-10-21)38-31(44)32(34,35)23-12-13-23/h4,11,14,19-21,23,27-28H,1,5-10,12-13,15-18H2,2-3H3,(H,36,42)(H,37,41)(H,38,44). The molecule has 1 saturated heterocycles. The fourth-order valence-corrected chi connectivity index (χ4v) is 6.07. The van der Waals surface area contributed by atoms with Crippen molar-refractivity contribution in [3.05, 3.63) is 42.2 Å². The van der Waals surface area contributed by atoms with Gasteiger partial charge in [-0.05, 0) is 62.4 Å². The van der Waals surface area contributed by atoms with E-state index in [1.54, 1.807) is 17.9 Å². The zero-order valence-corrected chi connectivity index (χ0v) is 25.5. The highest BCUT2D eigenvalue weighted by Crippen LogP contribution is 2.43. The van der Waals surface area contributed by atoms with E-state index in [0.717, 1.165) is 31.8 Å². The number of nitrogens with zero attached hydrogens (tertiary/aromatic N) is 2. The molecule has 2 aliphatic carbocycles. The molecule has 1 aliphatic heterocycles. The minimum absolute atomic E-state index is 0.176. The quantitative estimate of drug-likeness (QED) is 0.258. The van der Waals surface area contributed by atoms with Crippen LogP contribution in [0.4, 0.5) is 18.9 Å². The van der Waals surface area contributed by atoms with Gasteiger partial charge in [0.25, 0.3) is 5.91 Å². The lowest BCUT2D eigenvalue weighted by Gasteiger charge is -2.36.